The number of hydrogen-bond acceptors (Lipinski definition) is 4. The third-order valence-electron chi connectivity index (χ3n) is 4.61. The van der Waals surface area contributed by atoms with Crippen molar-refractivity contribution in [1.82, 2.24) is 19.5 Å². The van der Waals surface area contributed by atoms with Crippen LogP contribution in [-0.4, -0.2) is 25.3 Å². The summed E-state index contributed by atoms with van der Waals surface area (Å²) in [6, 6.07) is 8.54. The van der Waals surface area contributed by atoms with Crippen LogP contribution in [0, 0.1) is 12.7 Å². The van der Waals surface area contributed by atoms with Crippen molar-refractivity contribution in [3.05, 3.63) is 77.9 Å². The van der Waals surface area contributed by atoms with Gasteiger partial charge in [0.05, 0.1) is 23.6 Å². The number of fused-ring (bicyclic) bond motifs is 1. The van der Waals surface area contributed by atoms with Crippen molar-refractivity contribution in [3.8, 4) is 11.3 Å². The van der Waals surface area contributed by atoms with Gasteiger partial charge in [0.2, 0.25) is 0 Å². The van der Waals surface area contributed by atoms with Gasteiger partial charge in [0.15, 0.2) is 0 Å². The summed E-state index contributed by atoms with van der Waals surface area (Å²) < 4.78 is 31.4. The van der Waals surface area contributed by atoms with E-state index in [4.69, 9.17) is 2.74 Å². The second-order valence-corrected chi connectivity index (χ2v) is 6.57. The van der Waals surface area contributed by atoms with Crippen molar-refractivity contribution in [2.75, 3.05) is 0 Å². The van der Waals surface area contributed by atoms with Crippen LogP contribution in [-0.2, 0) is 24.6 Å². The van der Waals surface area contributed by atoms with Crippen molar-refractivity contribution in [2.45, 2.75) is 19.7 Å². The van der Waals surface area contributed by atoms with Gasteiger partial charge in [-0.15, -0.1) is 0 Å². The van der Waals surface area contributed by atoms with Gasteiger partial charge in [0.25, 0.3) is 0 Å². The number of rotatable bonds is 5. The maximum Gasteiger partial charge on any atom is 0.143 e. The lowest BCUT2D eigenvalue weighted by molar-refractivity contribution is -0.117. The highest BCUT2D eigenvalue weighted by molar-refractivity contribution is 5.86. The second kappa shape index (κ2) is 7.31. The molecular formula is C22H19FN4O. The molecule has 0 aliphatic rings. The van der Waals surface area contributed by atoms with Gasteiger partial charge < -0.3 is 4.57 Å². The molecule has 0 radical (unpaired) electrons. The van der Waals surface area contributed by atoms with E-state index in [1.54, 1.807) is 24.7 Å². The maximum absolute atomic E-state index is 13.1. The molecule has 0 saturated carbocycles. The molecule has 0 saturated heterocycles. The van der Waals surface area contributed by atoms with E-state index >= 15 is 0 Å². The summed E-state index contributed by atoms with van der Waals surface area (Å²) in [6.07, 6.45) is 2.68. The molecule has 0 aliphatic heterocycles. The number of hydrogen-bond donors (Lipinski definition) is 0. The summed E-state index contributed by atoms with van der Waals surface area (Å²) in [6.45, 7) is 1.92. The van der Waals surface area contributed by atoms with E-state index in [9.17, 15) is 9.18 Å². The molecule has 4 rings (SSSR count). The normalized spacial score (nSPS) is 12.7. The quantitative estimate of drug-likeness (QED) is 0.531. The number of imidazole rings is 1. The first-order valence-corrected chi connectivity index (χ1v) is 8.78. The van der Waals surface area contributed by atoms with E-state index in [1.165, 1.54) is 12.1 Å². The SMILES string of the molecule is [2H]C([2H])(C(=O)Cc1cc2cc(-c3cnc(C)n3C)cnc2cn1)c1ccc(F)cc1. The number of aromatic nitrogens is 4. The molecule has 6 heteroatoms. The Hall–Kier alpha value is -3.41. The first kappa shape index (κ1) is 15.6. The number of pyridine rings is 2. The van der Waals surface area contributed by atoms with Crippen molar-refractivity contribution in [1.29, 1.82) is 0 Å². The fraction of sp³-hybridized carbons (Fsp3) is 0.182. The smallest absolute Gasteiger partial charge is 0.143 e. The summed E-state index contributed by atoms with van der Waals surface area (Å²) in [5.74, 6) is -0.244. The Labute approximate surface area is 164 Å². The predicted molar refractivity (Wildman–Crippen MR) is 105 cm³/mol. The molecule has 0 atom stereocenters. The Morgan fingerprint density at radius 2 is 1.89 bits per heavy atom. The number of ketones is 1. The van der Waals surface area contributed by atoms with Crippen molar-refractivity contribution in [2.24, 2.45) is 7.05 Å². The van der Waals surface area contributed by atoms with E-state index in [1.807, 2.05) is 24.6 Å². The van der Waals surface area contributed by atoms with Gasteiger partial charge in [0.1, 0.15) is 17.4 Å². The molecule has 0 N–H and O–H groups in total. The third-order valence-corrected chi connectivity index (χ3v) is 4.61. The minimum absolute atomic E-state index is 0.116. The molecule has 140 valence electrons. The Kier molecular flexibility index (Phi) is 4.08. The Balaban J connectivity index is 1.63. The molecule has 0 aliphatic carbocycles. The lowest BCUT2D eigenvalue weighted by atomic mass is 10.0. The summed E-state index contributed by atoms with van der Waals surface area (Å²) in [4.78, 5) is 25.7. The first-order chi connectivity index (χ1) is 14.3. The van der Waals surface area contributed by atoms with E-state index in [0.29, 0.717) is 11.2 Å². The largest absolute Gasteiger partial charge is 0.331 e. The molecule has 3 heterocycles. The van der Waals surface area contributed by atoms with E-state index < -0.39 is 18.0 Å². The van der Waals surface area contributed by atoms with Crippen LogP contribution < -0.4 is 0 Å². The zero-order valence-electron chi connectivity index (χ0n) is 17.5. The number of carbonyl (C=O) groups excluding carboxylic acids is 1. The second-order valence-electron chi connectivity index (χ2n) is 6.57. The van der Waals surface area contributed by atoms with Crippen LogP contribution >= 0.6 is 0 Å². The molecule has 0 amide bonds. The number of carbonyl (C=O) groups is 1. The van der Waals surface area contributed by atoms with Crippen LogP contribution in [0.2, 0.25) is 0 Å². The van der Waals surface area contributed by atoms with E-state index in [0.717, 1.165) is 34.6 Å². The Morgan fingerprint density at radius 1 is 1.11 bits per heavy atom. The monoisotopic (exact) mass is 376 g/mol. The van der Waals surface area contributed by atoms with Crippen LogP contribution in [0.3, 0.4) is 0 Å². The highest BCUT2D eigenvalue weighted by Gasteiger charge is 2.10. The molecule has 1 aromatic carbocycles. The predicted octanol–water partition coefficient (Wildman–Crippen LogP) is 3.83. The molecule has 5 nitrogen and oxygen atoms in total. The van der Waals surface area contributed by atoms with Gasteiger partial charge in [0, 0.05) is 45.4 Å². The average Bonchev–Trinajstić information content (AvgIpc) is 3.06. The van der Waals surface area contributed by atoms with Gasteiger partial charge in [-0.2, -0.15) is 0 Å². The van der Waals surface area contributed by atoms with Crippen LogP contribution in [0.4, 0.5) is 4.39 Å². The van der Waals surface area contributed by atoms with Crippen molar-refractivity contribution >= 4 is 16.7 Å². The highest BCUT2D eigenvalue weighted by atomic mass is 19.1. The molecule has 0 spiro atoms. The number of halogens is 1. The van der Waals surface area contributed by atoms with Gasteiger partial charge in [-0.05, 0) is 36.8 Å². The minimum atomic E-state index is -2.24. The number of benzene rings is 1. The fourth-order valence-corrected chi connectivity index (χ4v) is 2.99. The van der Waals surface area contributed by atoms with Crippen LogP contribution in [0.15, 0.2) is 55.0 Å². The van der Waals surface area contributed by atoms with Crippen LogP contribution in [0.25, 0.3) is 22.2 Å². The topological polar surface area (TPSA) is 60.7 Å². The minimum Gasteiger partial charge on any atom is -0.331 e. The summed E-state index contributed by atoms with van der Waals surface area (Å²) in [5, 5.41) is 0.798. The van der Waals surface area contributed by atoms with E-state index in [-0.39, 0.29) is 12.0 Å². The van der Waals surface area contributed by atoms with E-state index in [2.05, 4.69) is 15.0 Å². The zero-order valence-corrected chi connectivity index (χ0v) is 15.5. The lowest BCUT2D eigenvalue weighted by Gasteiger charge is -2.07. The standard InChI is InChI=1S/C22H19FN4O/c1-14-24-13-22(27(14)2)17-8-16-9-19(25-12-21(16)26-11-17)10-20(28)7-15-3-5-18(23)6-4-15/h3-6,8-9,11-13H,7,10H2,1-2H3/i7D2. The Bertz CT molecular complexity index is 1250. The molecule has 4 aromatic rings. The van der Waals surface area contributed by atoms with Gasteiger partial charge in [-0.3, -0.25) is 14.8 Å². The molecule has 0 bridgehead atoms. The lowest BCUT2D eigenvalue weighted by Crippen LogP contribution is -2.08. The van der Waals surface area contributed by atoms with Gasteiger partial charge in [-0.1, -0.05) is 12.1 Å². The van der Waals surface area contributed by atoms with Crippen LogP contribution in [0.5, 0.6) is 0 Å². The number of nitrogens with zero attached hydrogens (tertiary/aromatic N) is 4. The summed E-state index contributed by atoms with van der Waals surface area (Å²) >= 11 is 0. The van der Waals surface area contributed by atoms with Crippen LogP contribution in [0.1, 0.15) is 19.8 Å². The maximum atomic E-state index is 13.1. The summed E-state index contributed by atoms with van der Waals surface area (Å²) in [7, 11) is 1.93. The van der Waals surface area contributed by atoms with Gasteiger partial charge in [-0.25, -0.2) is 9.37 Å². The van der Waals surface area contributed by atoms with Crippen molar-refractivity contribution < 1.29 is 11.9 Å². The molecule has 0 fully saturated rings. The first-order valence-electron chi connectivity index (χ1n) is 9.78. The number of aryl methyl sites for hydroxylation is 1. The molecule has 28 heavy (non-hydrogen) atoms. The molecular weight excluding hydrogens is 355 g/mol. The molecule has 3 aromatic heterocycles. The number of Topliss-reactive ketones (excluding diaryl/α,β-unsaturated/α-hetero) is 1. The highest BCUT2D eigenvalue weighted by Crippen LogP contribution is 2.23. The summed E-state index contributed by atoms with van der Waals surface area (Å²) in [5.41, 5.74) is 3.04. The third kappa shape index (κ3) is 3.67. The zero-order chi connectivity index (χ0) is 21.5. The fourth-order valence-electron chi connectivity index (χ4n) is 2.99. The Morgan fingerprint density at radius 3 is 2.61 bits per heavy atom. The van der Waals surface area contributed by atoms with Crippen molar-refractivity contribution in [3.63, 3.8) is 0 Å². The van der Waals surface area contributed by atoms with Gasteiger partial charge >= 0.3 is 0 Å². The molecule has 0 unspecified atom stereocenters. The average molecular weight is 376 g/mol.